The summed E-state index contributed by atoms with van der Waals surface area (Å²) in [5.41, 5.74) is 0. The minimum Gasteiger partial charge on any atom is -0.497 e. The second kappa shape index (κ2) is 9.88. The average Bonchev–Trinajstić information content (AvgIpc) is 2.50. The third kappa shape index (κ3) is 6.85. The smallest absolute Gasteiger partial charge is 0.191 e. The van der Waals surface area contributed by atoms with E-state index < -0.39 is 0 Å². The van der Waals surface area contributed by atoms with Crippen LogP contribution in [0.2, 0.25) is 0 Å². The number of nitrogens with zero attached hydrogens (tertiary/aromatic N) is 1. The lowest BCUT2D eigenvalue weighted by Gasteiger charge is -2.15. The Morgan fingerprint density at radius 1 is 1.33 bits per heavy atom. The second-order valence-electron chi connectivity index (χ2n) is 4.48. The lowest BCUT2D eigenvalue weighted by atomic mass is 10.3. The molecule has 21 heavy (non-hydrogen) atoms. The first-order valence-corrected chi connectivity index (χ1v) is 7.13. The highest BCUT2D eigenvalue weighted by Gasteiger charge is 2.05. The van der Waals surface area contributed by atoms with Crippen molar-refractivity contribution in [1.29, 1.82) is 0 Å². The molecule has 0 heterocycles. The number of hydrogen-bond donors (Lipinski definition) is 3. The highest BCUT2D eigenvalue weighted by Crippen LogP contribution is 2.19. The number of rotatable bonds is 8. The van der Waals surface area contributed by atoms with Crippen molar-refractivity contribution in [1.82, 2.24) is 10.6 Å². The monoisotopic (exact) mass is 295 g/mol. The van der Waals surface area contributed by atoms with Crippen molar-refractivity contribution in [2.75, 3.05) is 33.4 Å². The van der Waals surface area contributed by atoms with Gasteiger partial charge in [-0.1, -0.05) is 6.07 Å². The van der Waals surface area contributed by atoms with Crippen molar-refractivity contribution in [3.63, 3.8) is 0 Å². The van der Waals surface area contributed by atoms with Crippen LogP contribution < -0.4 is 20.1 Å². The van der Waals surface area contributed by atoms with Gasteiger partial charge in [-0.05, 0) is 26.0 Å². The van der Waals surface area contributed by atoms with Gasteiger partial charge in [0.1, 0.15) is 17.6 Å². The Labute approximate surface area is 126 Å². The summed E-state index contributed by atoms with van der Waals surface area (Å²) >= 11 is 0. The Hall–Kier alpha value is -1.95. The van der Waals surface area contributed by atoms with Crippen molar-refractivity contribution >= 4 is 5.96 Å². The summed E-state index contributed by atoms with van der Waals surface area (Å²) in [6.45, 7) is 5.77. The molecule has 118 valence electrons. The van der Waals surface area contributed by atoms with Gasteiger partial charge in [-0.3, -0.25) is 0 Å². The minimum absolute atomic E-state index is 0.0679. The van der Waals surface area contributed by atoms with Crippen LogP contribution in [0.1, 0.15) is 13.8 Å². The van der Waals surface area contributed by atoms with Crippen molar-refractivity contribution in [3.05, 3.63) is 24.3 Å². The van der Waals surface area contributed by atoms with Gasteiger partial charge in [0.25, 0.3) is 0 Å². The molecule has 1 aromatic rings. The van der Waals surface area contributed by atoms with E-state index in [1.54, 1.807) is 7.11 Å². The Bertz CT molecular complexity index is 438. The van der Waals surface area contributed by atoms with Crippen LogP contribution in [0, 0.1) is 0 Å². The predicted molar refractivity (Wildman–Crippen MR) is 84.2 cm³/mol. The maximum atomic E-state index is 8.82. The lowest BCUT2D eigenvalue weighted by Crippen LogP contribution is -2.39. The zero-order valence-corrected chi connectivity index (χ0v) is 12.9. The van der Waals surface area contributed by atoms with Crippen LogP contribution in [0.15, 0.2) is 29.3 Å². The normalized spacial score (nSPS) is 12.7. The molecule has 0 aliphatic rings. The van der Waals surface area contributed by atoms with Crippen molar-refractivity contribution in [2.45, 2.75) is 20.0 Å². The molecule has 6 nitrogen and oxygen atoms in total. The summed E-state index contributed by atoms with van der Waals surface area (Å²) in [6, 6.07) is 7.49. The number of benzene rings is 1. The number of aliphatic imine (C=N–C) groups is 1. The van der Waals surface area contributed by atoms with Crippen molar-refractivity contribution in [3.8, 4) is 11.5 Å². The van der Waals surface area contributed by atoms with Gasteiger partial charge >= 0.3 is 0 Å². The number of methoxy groups -OCH3 is 1. The largest absolute Gasteiger partial charge is 0.497 e. The Kier molecular flexibility index (Phi) is 8.04. The maximum Gasteiger partial charge on any atom is 0.191 e. The van der Waals surface area contributed by atoms with Gasteiger partial charge in [-0.15, -0.1) is 0 Å². The molecule has 1 atom stereocenters. The van der Waals surface area contributed by atoms with Crippen LogP contribution >= 0.6 is 0 Å². The van der Waals surface area contributed by atoms with Crippen LogP contribution in [-0.4, -0.2) is 50.5 Å². The quantitative estimate of drug-likeness (QED) is 0.493. The molecule has 1 unspecified atom stereocenters. The summed E-state index contributed by atoms with van der Waals surface area (Å²) < 4.78 is 11.0. The summed E-state index contributed by atoms with van der Waals surface area (Å²) in [7, 11) is 1.63. The van der Waals surface area contributed by atoms with E-state index in [0.717, 1.165) is 18.0 Å². The summed E-state index contributed by atoms with van der Waals surface area (Å²) in [5, 5.41) is 15.0. The first kappa shape index (κ1) is 17.1. The molecule has 3 N–H and O–H groups in total. The van der Waals surface area contributed by atoms with E-state index in [1.165, 1.54) is 0 Å². The van der Waals surface area contributed by atoms with E-state index >= 15 is 0 Å². The fourth-order valence-corrected chi connectivity index (χ4v) is 1.68. The zero-order valence-electron chi connectivity index (χ0n) is 12.9. The minimum atomic E-state index is -0.0679. The van der Waals surface area contributed by atoms with Crippen LogP contribution in [0.4, 0.5) is 0 Å². The van der Waals surface area contributed by atoms with E-state index in [-0.39, 0.29) is 12.7 Å². The van der Waals surface area contributed by atoms with Gasteiger partial charge in [-0.25, -0.2) is 4.99 Å². The van der Waals surface area contributed by atoms with Crippen molar-refractivity contribution in [2.24, 2.45) is 4.99 Å². The van der Waals surface area contributed by atoms with Crippen LogP contribution in [0.25, 0.3) is 0 Å². The van der Waals surface area contributed by atoms with Crippen molar-refractivity contribution < 1.29 is 14.6 Å². The summed E-state index contributed by atoms with van der Waals surface area (Å²) in [5.74, 6) is 2.19. The van der Waals surface area contributed by atoms with Gasteiger partial charge < -0.3 is 25.2 Å². The highest BCUT2D eigenvalue weighted by atomic mass is 16.5. The van der Waals surface area contributed by atoms with E-state index in [2.05, 4.69) is 15.6 Å². The topological polar surface area (TPSA) is 75.1 Å². The molecule has 0 radical (unpaired) electrons. The van der Waals surface area contributed by atoms with Crippen LogP contribution in [0.3, 0.4) is 0 Å². The third-order valence-corrected chi connectivity index (χ3v) is 2.63. The Morgan fingerprint density at radius 2 is 2.10 bits per heavy atom. The van der Waals surface area contributed by atoms with E-state index in [9.17, 15) is 0 Å². The first-order valence-electron chi connectivity index (χ1n) is 7.13. The lowest BCUT2D eigenvalue weighted by molar-refractivity contribution is 0.229. The summed E-state index contributed by atoms with van der Waals surface area (Å²) in [4.78, 5) is 4.42. The standard InChI is InChI=1S/C15H25N3O3/c1-4-16-15(17-8-9-19)18-11-12(2)21-14-7-5-6-13(10-14)20-3/h5-7,10,12,19H,4,8-9,11H2,1-3H3,(H2,16,17,18). The number of hydrogen-bond acceptors (Lipinski definition) is 4. The molecule has 0 bridgehead atoms. The number of aliphatic hydroxyl groups excluding tert-OH is 1. The molecule has 0 aliphatic heterocycles. The van der Waals surface area contributed by atoms with Gasteiger partial charge in [-0.2, -0.15) is 0 Å². The van der Waals surface area contributed by atoms with E-state index in [0.29, 0.717) is 19.0 Å². The maximum absolute atomic E-state index is 8.82. The molecular formula is C15H25N3O3. The molecule has 1 rings (SSSR count). The molecule has 0 amide bonds. The fraction of sp³-hybridized carbons (Fsp3) is 0.533. The molecule has 0 saturated carbocycles. The molecule has 0 aromatic heterocycles. The number of ether oxygens (including phenoxy) is 2. The molecule has 0 saturated heterocycles. The average molecular weight is 295 g/mol. The zero-order chi connectivity index (χ0) is 15.5. The Morgan fingerprint density at radius 3 is 2.76 bits per heavy atom. The molecule has 0 aliphatic carbocycles. The second-order valence-corrected chi connectivity index (χ2v) is 4.48. The van der Waals surface area contributed by atoms with Crippen LogP contribution in [0.5, 0.6) is 11.5 Å². The van der Waals surface area contributed by atoms with Gasteiger partial charge in [0.2, 0.25) is 0 Å². The van der Waals surface area contributed by atoms with Gasteiger partial charge in [0, 0.05) is 19.2 Å². The first-order chi connectivity index (χ1) is 10.2. The van der Waals surface area contributed by atoms with E-state index in [1.807, 2.05) is 38.1 Å². The molecule has 6 heteroatoms. The van der Waals surface area contributed by atoms with Gasteiger partial charge in [0.15, 0.2) is 5.96 Å². The molecule has 0 spiro atoms. The molecular weight excluding hydrogens is 270 g/mol. The fourth-order valence-electron chi connectivity index (χ4n) is 1.68. The molecule has 0 fully saturated rings. The van der Waals surface area contributed by atoms with E-state index in [4.69, 9.17) is 14.6 Å². The van der Waals surface area contributed by atoms with Crippen LogP contribution in [-0.2, 0) is 0 Å². The SMILES string of the molecule is CCNC(=NCC(C)Oc1cccc(OC)c1)NCCO. The number of aliphatic hydroxyl groups is 1. The predicted octanol–water partition coefficient (Wildman–Crippen LogP) is 1.01. The van der Waals surface area contributed by atoms with Gasteiger partial charge in [0.05, 0.1) is 20.3 Å². The molecule has 1 aromatic carbocycles. The Balaban J connectivity index is 2.51. The number of nitrogens with one attached hydrogen (secondary N) is 2. The number of guanidine groups is 1. The summed E-state index contributed by atoms with van der Waals surface area (Å²) in [6.07, 6.45) is -0.0679. The highest BCUT2D eigenvalue weighted by molar-refractivity contribution is 5.79. The third-order valence-electron chi connectivity index (χ3n) is 2.63.